The minimum atomic E-state index is -3.54. The molecule has 1 rings (SSSR count). The lowest BCUT2D eigenvalue weighted by Gasteiger charge is -2.09. The molecular formula is C9H11ClN2O2S. The van der Waals surface area contributed by atoms with Crippen molar-refractivity contribution >= 4 is 21.6 Å². The Labute approximate surface area is 94.0 Å². The summed E-state index contributed by atoms with van der Waals surface area (Å²) in [4.78, 5) is 3.80. The number of nitrogens with one attached hydrogen (secondary N) is 1. The molecule has 1 heterocycles. The highest BCUT2D eigenvalue weighted by Crippen LogP contribution is 2.12. The van der Waals surface area contributed by atoms with Gasteiger partial charge in [0.15, 0.2) is 0 Å². The van der Waals surface area contributed by atoms with Gasteiger partial charge < -0.3 is 0 Å². The second-order valence-corrected chi connectivity index (χ2v) is 5.06. The van der Waals surface area contributed by atoms with Gasteiger partial charge in [0.25, 0.3) is 0 Å². The molecule has 1 aromatic heterocycles. The van der Waals surface area contributed by atoms with Crippen molar-refractivity contribution in [3.05, 3.63) is 36.1 Å². The maximum atomic E-state index is 11.7. The summed E-state index contributed by atoms with van der Waals surface area (Å²) in [6.45, 7) is 5.18. The number of halogens is 1. The fraction of sp³-hybridized carbons (Fsp3) is 0.222. The quantitative estimate of drug-likeness (QED) is 0.648. The smallest absolute Gasteiger partial charge is 0.241 e. The van der Waals surface area contributed by atoms with E-state index in [4.69, 9.17) is 11.6 Å². The zero-order valence-electron chi connectivity index (χ0n) is 8.14. The van der Waals surface area contributed by atoms with Crippen molar-refractivity contribution in [1.29, 1.82) is 0 Å². The van der Waals surface area contributed by atoms with Gasteiger partial charge in [0.05, 0.1) is 4.90 Å². The van der Waals surface area contributed by atoms with Crippen molar-refractivity contribution in [2.45, 2.75) is 17.9 Å². The number of pyridine rings is 1. The van der Waals surface area contributed by atoms with Gasteiger partial charge in [-0.2, -0.15) is 0 Å². The van der Waals surface area contributed by atoms with Gasteiger partial charge in [0.2, 0.25) is 10.0 Å². The lowest BCUT2D eigenvalue weighted by molar-refractivity contribution is 0.576. The van der Waals surface area contributed by atoms with Crippen molar-refractivity contribution in [3.8, 4) is 0 Å². The third kappa shape index (κ3) is 3.30. The van der Waals surface area contributed by atoms with Crippen molar-refractivity contribution in [2.24, 2.45) is 0 Å². The zero-order chi connectivity index (χ0) is 11.5. The molecular weight excluding hydrogens is 236 g/mol. The number of aromatic nitrogens is 1. The van der Waals surface area contributed by atoms with Crippen LogP contribution >= 0.6 is 11.6 Å². The highest BCUT2D eigenvalue weighted by Gasteiger charge is 2.15. The van der Waals surface area contributed by atoms with Crippen LogP contribution < -0.4 is 4.72 Å². The Bertz CT molecular complexity index is 459. The van der Waals surface area contributed by atoms with E-state index < -0.39 is 10.0 Å². The molecule has 6 heteroatoms. The molecule has 1 N–H and O–H groups in total. The fourth-order valence-electron chi connectivity index (χ4n) is 0.913. The van der Waals surface area contributed by atoms with Crippen LogP contribution in [0, 0.1) is 0 Å². The van der Waals surface area contributed by atoms with Crippen LogP contribution in [0.3, 0.4) is 0 Å². The third-order valence-corrected chi connectivity index (χ3v) is 3.47. The number of hydrogen-bond acceptors (Lipinski definition) is 3. The molecule has 0 fully saturated rings. The van der Waals surface area contributed by atoms with E-state index in [0.29, 0.717) is 0 Å². The molecule has 0 radical (unpaired) electrons. The number of rotatable bonds is 4. The molecule has 0 aliphatic carbocycles. The van der Waals surface area contributed by atoms with Crippen LogP contribution in [0.2, 0.25) is 5.15 Å². The van der Waals surface area contributed by atoms with Crippen molar-refractivity contribution in [3.63, 3.8) is 0 Å². The Kier molecular flexibility index (Phi) is 3.84. The Hall–Kier alpha value is -0.910. The van der Waals surface area contributed by atoms with E-state index in [0.717, 1.165) is 0 Å². The first-order valence-electron chi connectivity index (χ1n) is 4.22. The molecule has 1 unspecified atom stereocenters. The molecule has 0 saturated carbocycles. The van der Waals surface area contributed by atoms with E-state index in [9.17, 15) is 8.42 Å². The summed E-state index contributed by atoms with van der Waals surface area (Å²) in [5.74, 6) is 0. The average molecular weight is 247 g/mol. The molecule has 0 saturated heterocycles. The molecule has 0 aliphatic rings. The predicted octanol–water partition coefficient (Wildman–Crippen LogP) is 1.59. The van der Waals surface area contributed by atoms with Crippen LogP contribution in [0.1, 0.15) is 6.92 Å². The summed E-state index contributed by atoms with van der Waals surface area (Å²) in [5.41, 5.74) is 0. The van der Waals surface area contributed by atoms with Crippen LogP contribution in [-0.4, -0.2) is 19.4 Å². The van der Waals surface area contributed by atoms with Gasteiger partial charge in [-0.15, -0.1) is 6.58 Å². The van der Waals surface area contributed by atoms with Crippen LogP contribution in [-0.2, 0) is 10.0 Å². The molecule has 0 aromatic carbocycles. The lowest BCUT2D eigenvalue weighted by Crippen LogP contribution is -2.30. The van der Waals surface area contributed by atoms with Gasteiger partial charge >= 0.3 is 0 Å². The third-order valence-electron chi connectivity index (χ3n) is 1.70. The summed E-state index contributed by atoms with van der Waals surface area (Å²) >= 11 is 5.60. The second-order valence-electron chi connectivity index (χ2n) is 2.96. The van der Waals surface area contributed by atoms with Crippen LogP contribution in [0.5, 0.6) is 0 Å². The normalized spacial score (nSPS) is 13.5. The van der Waals surface area contributed by atoms with E-state index in [1.54, 1.807) is 6.92 Å². The van der Waals surface area contributed by atoms with Gasteiger partial charge in [-0.25, -0.2) is 18.1 Å². The Balaban J connectivity index is 3.01. The first kappa shape index (κ1) is 12.2. The monoisotopic (exact) mass is 246 g/mol. The summed E-state index contributed by atoms with van der Waals surface area (Å²) in [6, 6.07) is 2.34. The summed E-state index contributed by atoms with van der Waals surface area (Å²) in [5, 5.41) is 0.143. The highest BCUT2D eigenvalue weighted by molar-refractivity contribution is 7.89. The largest absolute Gasteiger partial charge is 0.244 e. The van der Waals surface area contributed by atoms with Crippen molar-refractivity contribution < 1.29 is 8.42 Å². The van der Waals surface area contributed by atoms with Gasteiger partial charge in [0.1, 0.15) is 5.15 Å². The fourth-order valence-corrected chi connectivity index (χ4v) is 2.38. The van der Waals surface area contributed by atoms with Gasteiger partial charge in [-0.3, -0.25) is 0 Å². The van der Waals surface area contributed by atoms with Crippen LogP contribution in [0.25, 0.3) is 0 Å². The molecule has 0 amide bonds. The standard InChI is InChI=1S/C9H11ClN2O2S/c1-3-7(2)12-15(13,14)8-4-5-11-9(10)6-8/h3-7,12H,1H2,2H3. The van der Waals surface area contributed by atoms with Crippen molar-refractivity contribution in [2.75, 3.05) is 0 Å². The predicted molar refractivity (Wildman–Crippen MR) is 59.2 cm³/mol. The minimum absolute atomic E-state index is 0.0937. The molecule has 0 aliphatic heterocycles. The SMILES string of the molecule is C=CC(C)NS(=O)(=O)c1ccnc(Cl)c1. The lowest BCUT2D eigenvalue weighted by atomic mass is 10.4. The Morgan fingerprint density at radius 3 is 2.87 bits per heavy atom. The van der Waals surface area contributed by atoms with Crippen LogP contribution in [0.4, 0.5) is 0 Å². The molecule has 1 aromatic rings. The molecule has 0 bridgehead atoms. The van der Waals surface area contributed by atoms with Gasteiger partial charge in [0, 0.05) is 12.2 Å². The average Bonchev–Trinajstić information content (AvgIpc) is 2.17. The molecule has 82 valence electrons. The number of nitrogens with zero attached hydrogens (tertiary/aromatic N) is 1. The topological polar surface area (TPSA) is 59.1 Å². The molecule has 1 atom stereocenters. The highest BCUT2D eigenvalue weighted by atomic mass is 35.5. The first-order valence-corrected chi connectivity index (χ1v) is 6.08. The van der Waals surface area contributed by atoms with E-state index in [1.807, 2.05) is 0 Å². The number of sulfonamides is 1. The van der Waals surface area contributed by atoms with Gasteiger partial charge in [-0.1, -0.05) is 17.7 Å². The summed E-state index contributed by atoms with van der Waals surface area (Å²) in [6.07, 6.45) is 2.84. The molecule has 15 heavy (non-hydrogen) atoms. The van der Waals surface area contributed by atoms with Crippen molar-refractivity contribution in [1.82, 2.24) is 9.71 Å². The minimum Gasteiger partial charge on any atom is -0.244 e. The second kappa shape index (κ2) is 4.74. The summed E-state index contributed by atoms with van der Waals surface area (Å²) in [7, 11) is -3.54. The maximum Gasteiger partial charge on any atom is 0.241 e. The van der Waals surface area contributed by atoms with E-state index in [-0.39, 0.29) is 16.1 Å². The van der Waals surface area contributed by atoms with E-state index in [1.165, 1.54) is 24.4 Å². The zero-order valence-corrected chi connectivity index (χ0v) is 9.72. The first-order chi connectivity index (χ1) is 6.95. The Morgan fingerprint density at radius 1 is 1.67 bits per heavy atom. The summed E-state index contributed by atoms with van der Waals surface area (Å²) < 4.78 is 25.8. The molecule has 0 spiro atoms. The maximum absolute atomic E-state index is 11.7. The van der Waals surface area contributed by atoms with E-state index >= 15 is 0 Å². The van der Waals surface area contributed by atoms with E-state index in [2.05, 4.69) is 16.3 Å². The van der Waals surface area contributed by atoms with Gasteiger partial charge in [-0.05, 0) is 19.1 Å². The number of hydrogen-bond donors (Lipinski definition) is 1. The molecule has 4 nitrogen and oxygen atoms in total. The van der Waals surface area contributed by atoms with Crippen LogP contribution in [0.15, 0.2) is 35.9 Å². The Morgan fingerprint density at radius 2 is 2.33 bits per heavy atom.